The topological polar surface area (TPSA) is 30.7 Å². The minimum absolute atomic E-state index is 0.0829. The molecule has 1 rings (SSSR count). The van der Waals surface area contributed by atoms with E-state index in [4.69, 9.17) is 11.6 Å². The summed E-state index contributed by atoms with van der Waals surface area (Å²) in [4.78, 5) is 0. The highest BCUT2D eigenvalue weighted by atomic mass is 35.5. The maximum absolute atomic E-state index is 12.7. The van der Waals surface area contributed by atoms with Crippen LogP contribution in [0, 0.1) is 0 Å². The normalized spacial score (nSPS) is 12.1. The molecule has 0 radical (unpaired) electrons. The number of aromatic nitrogens is 3. The van der Waals surface area contributed by atoms with Crippen LogP contribution in [0.15, 0.2) is 0 Å². The molecule has 0 aromatic carbocycles. The molecule has 0 spiro atoms. The van der Waals surface area contributed by atoms with Gasteiger partial charge in [0, 0.05) is 14.0 Å². The van der Waals surface area contributed by atoms with E-state index >= 15 is 0 Å². The summed E-state index contributed by atoms with van der Waals surface area (Å²) in [6.45, 7) is 0.773. The van der Waals surface area contributed by atoms with Crippen molar-refractivity contribution in [1.82, 2.24) is 14.8 Å². The van der Waals surface area contributed by atoms with Crippen molar-refractivity contribution < 1.29 is 8.78 Å². The third-order valence-electron chi connectivity index (χ3n) is 1.48. The van der Waals surface area contributed by atoms with Gasteiger partial charge in [0.15, 0.2) is 0 Å². The molecule has 3 nitrogen and oxygen atoms in total. The Morgan fingerprint density at radius 2 is 2.08 bits per heavy atom. The quantitative estimate of drug-likeness (QED) is 0.672. The van der Waals surface area contributed by atoms with Crippen LogP contribution in [-0.2, 0) is 18.9 Å². The zero-order chi connectivity index (χ0) is 9.35. The van der Waals surface area contributed by atoms with Gasteiger partial charge in [-0.05, 0) is 0 Å². The summed E-state index contributed by atoms with van der Waals surface area (Å²) in [5, 5.41) is 6.84. The Labute approximate surface area is 73.4 Å². The number of hydrogen-bond acceptors (Lipinski definition) is 2. The molecule has 0 atom stereocenters. The highest BCUT2D eigenvalue weighted by Crippen LogP contribution is 2.24. The molecule has 0 saturated carbocycles. The van der Waals surface area contributed by atoms with Crippen LogP contribution in [-0.4, -0.2) is 14.8 Å². The van der Waals surface area contributed by atoms with Gasteiger partial charge >= 0.3 is 5.92 Å². The smallest absolute Gasteiger partial charge is 0.304 e. The van der Waals surface area contributed by atoms with Crippen molar-refractivity contribution >= 4 is 11.6 Å². The van der Waals surface area contributed by atoms with Crippen LogP contribution in [0.4, 0.5) is 8.78 Å². The molecule has 68 valence electrons. The van der Waals surface area contributed by atoms with Gasteiger partial charge in [0.2, 0.25) is 5.82 Å². The molecule has 12 heavy (non-hydrogen) atoms. The van der Waals surface area contributed by atoms with Crippen molar-refractivity contribution in [1.29, 1.82) is 0 Å². The van der Waals surface area contributed by atoms with E-state index in [0.29, 0.717) is 5.82 Å². The lowest BCUT2D eigenvalue weighted by atomic mass is 10.3. The highest BCUT2D eigenvalue weighted by molar-refractivity contribution is 6.16. The average Bonchev–Trinajstić information content (AvgIpc) is 2.29. The molecule has 0 bridgehead atoms. The first-order valence-electron chi connectivity index (χ1n) is 3.29. The van der Waals surface area contributed by atoms with Gasteiger partial charge in [-0.1, -0.05) is 0 Å². The first kappa shape index (κ1) is 9.38. The van der Waals surface area contributed by atoms with Gasteiger partial charge in [-0.3, -0.25) is 0 Å². The number of alkyl halides is 3. The van der Waals surface area contributed by atoms with Gasteiger partial charge in [-0.2, -0.15) is 8.78 Å². The molecule has 1 heterocycles. The van der Waals surface area contributed by atoms with E-state index in [0.717, 1.165) is 6.92 Å². The lowest BCUT2D eigenvalue weighted by Crippen LogP contribution is -2.14. The molecular weight excluding hydrogens is 188 g/mol. The van der Waals surface area contributed by atoms with Crippen LogP contribution < -0.4 is 0 Å². The zero-order valence-corrected chi connectivity index (χ0v) is 7.44. The fourth-order valence-corrected chi connectivity index (χ4v) is 1.09. The Hall–Kier alpha value is -0.710. The Morgan fingerprint density at radius 1 is 1.50 bits per heavy atom. The van der Waals surface area contributed by atoms with Gasteiger partial charge in [-0.15, -0.1) is 21.8 Å². The third kappa shape index (κ3) is 1.55. The van der Waals surface area contributed by atoms with Crippen molar-refractivity contribution in [2.24, 2.45) is 7.05 Å². The maximum Gasteiger partial charge on any atom is 0.304 e. The standard InChI is InChI=1S/C6H8ClF2N3/c1-6(8,9)5-11-10-4(3-7)12(5)2/h3H2,1-2H3. The molecule has 0 N–H and O–H groups in total. The SMILES string of the molecule is Cn1c(CCl)nnc1C(C)(F)F. The summed E-state index contributed by atoms with van der Waals surface area (Å²) in [5.41, 5.74) is 0. The van der Waals surface area contributed by atoms with E-state index in [2.05, 4.69) is 10.2 Å². The van der Waals surface area contributed by atoms with Crippen LogP contribution in [0.1, 0.15) is 18.6 Å². The predicted octanol–water partition coefficient (Wildman–Crippen LogP) is 1.67. The van der Waals surface area contributed by atoms with Crippen LogP contribution in [0.5, 0.6) is 0 Å². The minimum atomic E-state index is -2.97. The monoisotopic (exact) mass is 195 g/mol. The second kappa shape index (κ2) is 2.97. The van der Waals surface area contributed by atoms with E-state index in [-0.39, 0.29) is 11.7 Å². The second-order valence-electron chi connectivity index (χ2n) is 2.52. The largest absolute Gasteiger partial charge is 0.312 e. The van der Waals surface area contributed by atoms with Crippen molar-refractivity contribution in [3.63, 3.8) is 0 Å². The molecule has 0 aliphatic carbocycles. The Kier molecular flexibility index (Phi) is 2.32. The second-order valence-corrected chi connectivity index (χ2v) is 2.79. The molecule has 1 aromatic heterocycles. The Balaban J connectivity index is 3.11. The number of hydrogen-bond donors (Lipinski definition) is 0. The first-order valence-corrected chi connectivity index (χ1v) is 3.82. The molecule has 0 unspecified atom stereocenters. The van der Waals surface area contributed by atoms with Crippen molar-refractivity contribution in [2.45, 2.75) is 18.7 Å². The van der Waals surface area contributed by atoms with E-state index in [1.807, 2.05) is 0 Å². The lowest BCUT2D eigenvalue weighted by Gasteiger charge is -2.08. The Morgan fingerprint density at radius 3 is 2.33 bits per heavy atom. The summed E-state index contributed by atoms with van der Waals surface area (Å²) in [6.07, 6.45) is 0. The van der Waals surface area contributed by atoms with Gasteiger partial charge in [0.25, 0.3) is 0 Å². The minimum Gasteiger partial charge on any atom is -0.312 e. The Bertz CT molecular complexity index is 279. The average molecular weight is 196 g/mol. The fourth-order valence-electron chi connectivity index (χ4n) is 0.860. The van der Waals surface area contributed by atoms with E-state index in [9.17, 15) is 8.78 Å². The summed E-state index contributed by atoms with van der Waals surface area (Å²) in [7, 11) is 1.46. The number of rotatable bonds is 2. The molecule has 0 saturated heterocycles. The molecule has 1 aromatic rings. The highest BCUT2D eigenvalue weighted by Gasteiger charge is 2.31. The molecule has 0 amide bonds. The van der Waals surface area contributed by atoms with Gasteiger partial charge < -0.3 is 4.57 Å². The summed E-state index contributed by atoms with van der Waals surface area (Å²) < 4.78 is 26.6. The van der Waals surface area contributed by atoms with Crippen molar-refractivity contribution in [3.05, 3.63) is 11.6 Å². The summed E-state index contributed by atoms with van der Waals surface area (Å²) in [5.74, 6) is -2.91. The van der Waals surface area contributed by atoms with Gasteiger partial charge in [-0.25, -0.2) is 0 Å². The van der Waals surface area contributed by atoms with Crippen LogP contribution in [0.25, 0.3) is 0 Å². The third-order valence-corrected chi connectivity index (χ3v) is 1.72. The summed E-state index contributed by atoms with van der Waals surface area (Å²) >= 11 is 5.43. The maximum atomic E-state index is 12.7. The van der Waals surface area contributed by atoms with Crippen LogP contribution in [0.2, 0.25) is 0 Å². The predicted molar refractivity (Wildman–Crippen MR) is 40.1 cm³/mol. The van der Waals surface area contributed by atoms with Gasteiger partial charge in [0.05, 0.1) is 5.88 Å². The van der Waals surface area contributed by atoms with Crippen LogP contribution >= 0.6 is 11.6 Å². The number of nitrogens with zero attached hydrogens (tertiary/aromatic N) is 3. The molecule has 0 aliphatic rings. The fraction of sp³-hybridized carbons (Fsp3) is 0.667. The van der Waals surface area contributed by atoms with E-state index < -0.39 is 5.92 Å². The lowest BCUT2D eigenvalue weighted by molar-refractivity contribution is 0.00450. The van der Waals surface area contributed by atoms with Crippen LogP contribution in [0.3, 0.4) is 0 Å². The molecular formula is C6H8ClF2N3. The van der Waals surface area contributed by atoms with Crippen molar-refractivity contribution in [3.8, 4) is 0 Å². The molecule has 0 aliphatic heterocycles. The molecule has 6 heteroatoms. The van der Waals surface area contributed by atoms with E-state index in [1.165, 1.54) is 11.6 Å². The first-order chi connectivity index (χ1) is 5.46. The molecule has 0 fully saturated rings. The zero-order valence-electron chi connectivity index (χ0n) is 6.68. The van der Waals surface area contributed by atoms with Gasteiger partial charge in [0.1, 0.15) is 5.82 Å². The summed E-state index contributed by atoms with van der Waals surface area (Å²) in [6, 6.07) is 0. The number of halogens is 3. The van der Waals surface area contributed by atoms with Crippen molar-refractivity contribution in [2.75, 3.05) is 0 Å². The van der Waals surface area contributed by atoms with E-state index in [1.54, 1.807) is 0 Å².